The summed E-state index contributed by atoms with van der Waals surface area (Å²) in [5, 5.41) is 7.92. The summed E-state index contributed by atoms with van der Waals surface area (Å²) in [6.45, 7) is 3.36. The lowest BCUT2D eigenvalue weighted by Crippen LogP contribution is -2.45. The van der Waals surface area contributed by atoms with Crippen LogP contribution in [0.2, 0.25) is 0 Å². The van der Waals surface area contributed by atoms with Crippen LogP contribution in [-0.4, -0.2) is 45.3 Å². The molecule has 0 N–H and O–H groups in total. The Labute approximate surface area is 140 Å². The van der Waals surface area contributed by atoms with Gasteiger partial charge in [0.15, 0.2) is 5.82 Å². The van der Waals surface area contributed by atoms with E-state index in [1.807, 2.05) is 20.0 Å². The van der Waals surface area contributed by atoms with Crippen LogP contribution < -0.4 is 0 Å². The summed E-state index contributed by atoms with van der Waals surface area (Å²) in [6.07, 6.45) is 1.87. The second-order valence-corrected chi connectivity index (χ2v) is 6.18. The van der Waals surface area contributed by atoms with Crippen molar-refractivity contribution in [3.63, 3.8) is 0 Å². The summed E-state index contributed by atoms with van der Waals surface area (Å²) in [5.74, 6) is 0.269. The largest absolute Gasteiger partial charge is 0.366 e. The SMILES string of the molecule is C[C@H](Cc1cccc(F)c1)C(=O)N1CCO[C@H](c2nncn2C)C1. The molecule has 0 bridgehead atoms. The molecular weight excluding hydrogens is 311 g/mol. The Balaban J connectivity index is 1.64. The number of aryl methyl sites for hydroxylation is 1. The molecule has 7 heteroatoms. The van der Waals surface area contributed by atoms with E-state index in [0.717, 1.165) is 5.56 Å². The Hall–Kier alpha value is -2.28. The molecule has 2 atom stereocenters. The number of carbonyl (C=O) groups excluding carboxylic acids is 1. The van der Waals surface area contributed by atoms with Gasteiger partial charge in [-0.1, -0.05) is 19.1 Å². The van der Waals surface area contributed by atoms with Gasteiger partial charge in [-0.25, -0.2) is 4.39 Å². The fraction of sp³-hybridized carbons (Fsp3) is 0.471. The van der Waals surface area contributed by atoms with Gasteiger partial charge in [-0.3, -0.25) is 4.79 Å². The molecular formula is C17H21FN4O2. The predicted octanol–water partition coefficient (Wildman–Crippen LogP) is 1.73. The highest BCUT2D eigenvalue weighted by atomic mass is 19.1. The number of halogens is 1. The van der Waals surface area contributed by atoms with Gasteiger partial charge in [0.05, 0.1) is 13.2 Å². The maximum atomic E-state index is 13.3. The van der Waals surface area contributed by atoms with Crippen molar-refractivity contribution in [3.05, 3.63) is 47.8 Å². The minimum Gasteiger partial charge on any atom is -0.366 e. The molecule has 128 valence electrons. The van der Waals surface area contributed by atoms with Gasteiger partial charge in [-0.2, -0.15) is 0 Å². The van der Waals surface area contributed by atoms with E-state index in [0.29, 0.717) is 31.9 Å². The third-order valence-corrected chi connectivity index (χ3v) is 4.27. The van der Waals surface area contributed by atoms with Crippen molar-refractivity contribution in [3.8, 4) is 0 Å². The highest BCUT2D eigenvalue weighted by Gasteiger charge is 2.30. The molecule has 1 fully saturated rings. The fourth-order valence-electron chi connectivity index (χ4n) is 3.01. The molecule has 1 aromatic carbocycles. The van der Waals surface area contributed by atoms with Gasteiger partial charge in [0.2, 0.25) is 5.91 Å². The van der Waals surface area contributed by atoms with Crippen molar-refractivity contribution in [2.45, 2.75) is 19.4 Å². The van der Waals surface area contributed by atoms with Crippen LogP contribution in [-0.2, 0) is 23.0 Å². The Morgan fingerprint density at radius 1 is 1.50 bits per heavy atom. The van der Waals surface area contributed by atoms with E-state index < -0.39 is 0 Å². The van der Waals surface area contributed by atoms with Gasteiger partial charge in [0, 0.05) is 19.5 Å². The summed E-state index contributed by atoms with van der Waals surface area (Å²) in [5.41, 5.74) is 0.828. The number of rotatable bonds is 4. The van der Waals surface area contributed by atoms with Crippen LogP contribution in [0.1, 0.15) is 24.4 Å². The minimum atomic E-state index is -0.277. The molecule has 0 unspecified atom stereocenters. The smallest absolute Gasteiger partial charge is 0.225 e. The second kappa shape index (κ2) is 7.09. The third-order valence-electron chi connectivity index (χ3n) is 4.27. The van der Waals surface area contributed by atoms with E-state index in [1.165, 1.54) is 12.1 Å². The maximum Gasteiger partial charge on any atom is 0.225 e. The zero-order chi connectivity index (χ0) is 17.1. The molecule has 2 aromatic rings. The van der Waals surface area contributed by atoms with Crippen molar-refractivity contribution in [1.29, 1.82) is 0 Å². The number of amides is 1. The van der Waals surface area contributed by atoms with E-state index >= 15 is 0 Å². The lowest BCUT2D eigenvalue weighted by molar-refractivity contribution is -0.143. The van der Waals surface area contributed by atoms with Crippen molar-refractivity contribution < 1.29 is 13.9 Å². The number of hydrogen-bond donors (Lipinski definition) is 0. The van der Waals surface area contributed by atoms with Gasteiger partial charge in [0.25, 0.3) is 0 Å². The van der Waals surface area contributed by atoms with Gasteiger partial charge in [-0.15, -0.1) is 10.2 Å². The first kappa shape index (κ1) is 16.6. The van der Waals surface area contributed by atoms with Crippen LogP contribution in [0, 0.1) is 11.7 Å². The Morgan fingerprint density at radius 2 is 2.33 bits per heavy atom. The molecule has 0 spiro atoms. The highest BCUT2D eigenvalue weighted by Crippen LogP contribution is 2.22. The summed E-state index contributed by atoms with van der Waals surface area (Å²) < 4.78 is 20.8. The first-order chi connectivity index (χ1) is 11.5. The Morgan fingerprint density at radius 3 is 3.04 bits per heavy atom. The number of aromatic nitrogens is 3. The summed E-state index contributed by atoms with van der Waals surface area (Å²) >= 11 is 0. The van der Waals surface area contributed by atoms with Gasteiger partial charge in [0.1, 0.15) is 18.2 Å². The van der Waals surface area contributed by atoms with E-state index in [-0.39, 0.29) is 23.7 Å². The molecule has 1 aliphatic heterocycles. The monoisotopic (exact) mass is 332 g/mol. The van der Waals surface area contributed by atoms with Crippen molar-refractivity contribution in [1.82, 2.24) is 19.7 Å². The van der Waals surface area contributed by atoms with E-state index in [1.54, 1.807) is 21.9 Å². The van der Waals surface area contributed by atoms with Crippen LogP contribution >= 0.6 is 0 Å². The fourth-order valence-corrected chi connectivity index (χ4v) is 3.01. The third kappa shape index (κ3) is 3.62. The first-order valence-electron chi connectivity index (χ1n) is 8.03. The Bertz CT molecular complexity index is 718. The molecule has 0 radical (unpaired) electrons. The van der Waals surface area contributed by atoms with Crippen LogP contribution in [0.3, 0.4) is 0 Å². The van der Waals surface area contributed by atoms with Crippen LogP contribution in [0.4, 0.5) is 4.39 Å². The van der Waals surface area contributed by atoms with Crippen LogP contribution in [0.5, 0.6) is 0 Å². The van der Waals surface area contributed by atoms with E-state index in [2.05, 4.69) is 10.2 Å². The highest BCUT2D eigenvalue weighted by molar-refractivity contribution is 5.79. The van der Waals surface area contributed by atoms with Gasteiger partial charge >= 0.3 is 0 Å². The van der Waals surface area contributed by atoms with Crippen molar-refractivity contribution >= 4 is 5.91 Å². The maximum absolute atomic E-state index is 13.3. The topological polar surface area (TPSA) is 60.3 Å². The summed E-state index contributed by atoms with van der Waals surface area (Å²) in [7, 11) is 1.85. The molecule has 1 amide bonds. The average Bonchev–Trinajstić information content (AvgIpc) is 3.00. The molecule has 0 aliphatic carbocycles. The molecule has 0 saturated carbocycles. The van der Waals surface area contributed by atoms with E-state index in [9.17, 15) is 9.18 Å². The lowest BCUT2D eigenvalue weighted by atomic mass is 9.99. The molecule has 2 heterocycles. The normalized spacial score (nSPS) is 19.3. The molecule has 1 saturated heterocycles. The van der Waals surface area contributed by atoms with Gasteiger partial charge < -0.3 is 14.2 Å². The standard InChI is InChI=1S/C17H21FN4O2/c1-12(8-13-4-3-5-14(18)9-13)17(23)22-6-7-24-15(10-22)16-20-19-11-21(16)2/h3-5,9,11-12,15H,6-8,10H2,1-2H3/t12-,15+/m1/s1. The number of hydrogen-bond acceptors (Lipinski definition) is 4. The number of ether oxygens (including phenoxy) is 1. The molecule has 24 heavy (non-hydrogen) atoms. The van der Waals surface area contributed by atoms with Crippen molar-refractivity contribution in [2.75, 3.05) is 19.7 Å². The first-order valence-corrected chi connectivity index (χ1v) is 8.03. The Kier molecular flexibility index (Phi) is 4.89. The van der Waals surface area contributed by atoms with Crippen molar-refractivity contribution in [2.24, 2.45) is 13.0 Å². The molecule has 3 rings (SSSR count). The molecule has 6 nitrogen and oxygen atoms in total. The minimum absolute atomic E-state index is 0.0507. The average molecular weight is 332 g/mol. The van der Waals surface area contributed by atoms with Crippen LogP contribution in [0.25, 0.3) is 0 Å². The zero-order valence-electron chi connectivity index (χ0n) is 13.9. The van der Waals surface area contributed by atoms with Crippen LogP contribution in [0.15, 0.2) is 30.6 Å². The summed E-state index contributed by atoms with van der Waals surface area (Å²) in [4.78, 5) is 14.5. The second-order valence-electron chi connectivity index (χ2n) is 6.18. The molecule has 1 aliphatic rings. The number of carbonyl (C=O) groups is 1. The zero-order valence-corrected chi connectivity index (χ0v) is 13.9. The number of benzene rings is 1. The quantitative estimate of drug-likeness (QED) is 0.856. The lowest BCUT2D eigenvalue weighted by Gasteiger charge is -2.34. The van der Waals surface area contributed by atoms with Gasteiger partial charge in [-0.05, 0) is 24.1 Å². The number of nitrogens with zero attached hydrogens (tertiary/aromatic N) is 4. The summed E-state index contributed by atoms with van der Waals surface area (Å²) in [6, 6.07) is 6.39. The van der Waals surface area contributed by atoms with E-state index in [4.69, 9.17) is 4.74 Å². The number of morpholine rings is 1. The predicted molar refractivity (Wildman–Crippen MR) is 85.5 cm³/mol. The molecule has 1 aromatic heterocycles.